The molecule has 0 bridgehead atoms. The minimum Gasteiger partial charge on any atom is -0.394 e. The quantitative estimate of drug-likeness (QED) is 0.821. The van der Waals surface area contributed by atoms with Crippen LogP contribution in [0.15, 0.2) is 28.8 Å². The van der Waals surface area contributed by atoms with Gasteiger partial charge in [-0.15, -0.1) is 0 Å². The van der Waals surface area contributed by atoms with Gasteiger partial charge in [0.05, 0.1) is 19.1 Å². The molecule has 0 aliphatic rings. The van der Waals surface area contributed by atoms with Gasteiger partial charge in [0.2, 0.25) is 5.89 Å². The molecule has 0 aliphatic carbocycles. The van der Waals surface area contributed by atoms with Crippen LogP contribution >= 0.6 is 0 Å². The molecule has 0 spiro atoms. The highest BCUT2D eigenvalue weighted by molar-refractivity contribution is 5.20. The molecule has 0 fully saturated rings. The number of aliphatic hydroxyl groups excluding tert-OH is 1. The lowest BCUT2D eigenvalue weighted by molar-refractivity contribution is 0.259. The highest BCUT2D eigenvalue weighted by atomic mass is 19.1. The zero-order chi connectivity index (χ0) is 12.3. The normalized spacial score (nSPS) is 12.6. The van der Waals surface area contributed by atoms with Gasteiger partial charge in [-0.05, 0) is 11.6 Å². The average molecular weight is 237 g/mol. The third-order valence-electron chi connectivity index (χ3n) is 2.31. The van der Waals surface area contributed by atoms with E-state index in [1.807, 2.05) is 0 Å². The van der Waals surface area contributed by atoms with Crippen LogP contribution < -0.4 is 5.73 Å². The number of hydrogen-bond donors (Lipinski definition) is 2. The fourth-order valence-corrected chi connectivity index (χ4v) is 1.38. The van der Waals surface area contributed by atoms with Crippen LogP contribution in [-0.4, -0.2) is 21.9 Å². The van der Waals surface area contributed by atoms with Crippen LogP contribution in [0.2, 0.25) is 0 Å². The Labute approximate surface area is 97.1 Å². The summed E-state index contributed by atoms with van der Waals surface area (Å²) in [5.74, 6) is 0.173. The van der Waals surface area contributed by atoms with Crippen molar-refractivity contribution in [2.75, 3.05) is 6.61 Å². The molecule has 2 rings (SSSR count). The summed E-state index contributed by atoms with van der Waals surface area (Å²) in [7, 11) is 0. The lowest BCUT2D eigenvalue weighted by atomic mass is 10.1. The number of aliphatic hydroxyl groups is 1. The summed E-state index contributed by atoms with van der Waals surface area (Å²) < 4.78 is 18.3. The predicted molar refractivity (Wildman–Crippen MR) is 57.5 cm³/mol. The summed E-state index contributed by atoms with van der Waals surface area (Å²) in [6.45, 7) is -0.265. The first-order valence-electron chi connectivity index (χ1n) is 5.13. The van der Waals surface area contributed by atoms with Crippen molar-refractivity contribution in [3.63, 3.8) is 0 Å². The number of halogens is 1. The Morgan fingerprint density at radius 1 is 1.41 bits per heavy atom. The number of rotatable bonds is 4. The third-order valence-corrected chi connectivity index (χ3v) is 2.31. The number of benzene rings is 1. The molecule has 1 aromatic heterocycles. The maximum absolute atomic E-state index is 13.4. The van der Waals surface area contributed by atoms with Gasteiger partial charge in [0.25, 0.3) is 0 Å². The van der Waals surface area contributed by atoms with Crippen molar-refractivity contribution in [2.24, 2.45) is 5.73 Å². The first-order chi connectivity index (χ1) is 8.20. The van der Waals surface area contributed by atoms with E-state index in [9.17, 15) is 4.39 Å². The van der Waals surface area contributed by atoms with Gasteiger partial charge < -0.3 is 15.4 Å². The van der Waals surface area contributed by atoms with E-state index in [1.165, 1.54) is 6.07 Å². The Hall–Kier alpha value is -1.79. The monoisotopic (exact) mass is 237 g/mol. The number of nitrogens with two attached hydrogens (primary N) is 1. The summed E-state index contributed by atoms with van der Waals surface area (Å²) in [4.78, 5) is 3.99. The van der Waals surface area contributed by atoms with Crippen LogP contribution in [-0.2, 0) is 6.42 Å². The molecule has 90 valence electrons. The van der Waals surface area contributed by atoms with Gasteiger partial charge in [0.1, 0.15) is 5.82 Å². The minimum absolute atomic E-state index is 0.206. The zero-order valence-electron chi connectivity index (χ0n) is 9.01. The molecule has 2 aromatic rings. The van der Waals surface area contributed by atoms with Crippen molar-refractivity contribution in [1.82, 2.24) is 10.1 Å². The molecule has 5 nitrogen and oxygen atoms in total. The minimum atomic E-state index is -0.673. The standard InChI is InChI=1S/C11H12FN3O2/c12-8-4-2-1-3-7(8)5-10-14-11(15-17-10)9(13)6-16/h1-4,9,16H,5-6,13H2. The van der Waals surface area contributed by atoms with Crippen LogP contribution in [0, 0.1) is 5.82 Å². The van der Waals surface area contributed by atoms with Crippen LogP contribution in [0.1, 0.15) is 23.3 Å². The highest BCUT2D eigenvalue weighted by Gasteiger charge is 2.14. The maximum atomic E-state index is 13.4. The largest absolute Gasteiger partial charge is 0.394 e. The second-order valence-corrected chi connectivity index (χ2v) is 3.60. The molecule has 1 unspecified atom stereocenters. The number of nitrogens with zero attached hydrogens (tertiary/aromatic N) is 2. The van der Waals surface area contributed by atoms with E-state index in [1.54, 1.807) is 18.2 Å². The van der Waals surface area contributed by atoms with E-state index in [4.69, 9.17) is 15.4 Å². The van der Waals surface area contributed by atoms with Crippen molar-refractivity contribution in [2.45, 2.75) is 12.5 Å². The highest BCUT2D eigenvalue weighted by Crippen LogP contribution is 2.13. The third kappa shape index (κ3) is 2.66. The molecule has 0 amide bonds. The van der Waals surface area contributed by atoms with Gasteiger partial charge in [-0.3, -0.25) is 0 Å². The molecular weight excluding hydrogens is 225 g/mol. The smallest absolute Gasteiger partial charge is 0.231 e. The first kappa shape index (κ1) is 11.7. The van der Waals surface area contributed by atoms with Crippen LogP contribution in [0.4, 0.5) is 4.39 Å². The van der Waals surface area contributed by atoms with Crippen molar-refractivity contribution in [1.29, 1.82) is 0 Å². The summed E-state index contributed by atoms with van der Waals surface area (Å²) >= 11 is 0. The molecule has 0 aliphatic heterocycles. The van der Waals surface area contributed by atoms with Gasteiger partial charge in [0, 0.05) is 0 Å². The molecule has 1 aromatic carbocycles. The molecule has 0 radical (unpaired) electrons. The lowest BCUT2D eigenvalue weighted by Crippen LogP contribution is -2.16. The number of aromatic nitrogens is 2. The van der Waals surface area contributed by atoms with E-state index in [2.05, 4.69) is 10.1 Å². The SMILES string of the molecule is NC(CO)c1noc(Cc2ccccc2F)n1. The van der Waals surface area contributed by atoms with E-state index < -0.39 is 6.04 Å². The Morgan fingerprint density at radius 2 is 2.18 bits per heavy atom. The molecule has 17 heavy (non-hydrogen) atoms. The summed E-state index contributed by atoms with van der Waals surface area (Å²) in [6, 6.07) is 5.68. The Bertz CT molecular complexity index is 501. The summed E-state index contributed by atoms with van der Waals surface area (Å²) in [5.41, 5.74) is 5.99. The Morgan fingerprint density at radius 3 is 2.88 bits per heavy atom. The average Bonchev–Trinajstić information content (AvgIpc) is 2.80. The predicted octanol–water partition coefficient (Wildman–Crippen LogP) is 0.792. The number of hydrogen-bond acceptors (Lipinski definition) is 5. The zero-order valence-corrected chi connectivity index (χ0v) is 9.01. The van der Waals surface area contributed by atoms with Crippen molar-refractivity contribution in [3.05, 3.63) is 47.4 Å². The van der Waals surface area contributed by atoms with Crippen LogP contribution in [0.3, 0.4) is 0 Å². The van der Waals surface area contributed by atoms with Gasteiger partial charge in [-0.2, -0.15) is 4.98 Å². The topological polar surface area (TPSA) is 85.2 Å². The van der Waals surface area contributed by atoms with E-state index in [0.717, 1.165) is 0 Å². The fourth-order valence-electron chi connectivity index (χ4n) is 1.38. The van der Waals surface area contributed by atoms with Gasteiger partial charge >= 0.3 is 0 Å². The van der Waals surface area contributed by atoms with Gasteiger partial charge in [-0.1, -0.05) is 23.4 Å². The second kappa shape index (κ2) is 5.03. The Balaban J connectivity index is 2.14. The van der Waals surface area contributed by atoms with E-state index in [-0.39, 0.29) is 30.6 Å². The van der Waals surface area contributed by atoms with E-state index >= 15 is 0 Å². The molecule has 3 N–H and O–H groups in total. The molecule has 0 saturated heterocycles. The fraction of sp³-hybridized carbons (Fsp3) is 0.273. The van der Waals surface area contributed by atoms with Crippen LogP contribution in [0.5, 0.6) is 0 Å². The van der Waals surface area contributed by atoms with Crippen LogP contribution in [0.25, 0.3) is 0 Å². The Kier molecular flexibility index (Phi) is 3.46. The van der Waals surface area contributed by atoms with Gasteiger partial charge in [0.15, 0.2) is 5.82 Å². The maximum Gasteiger partial charge on any atom is 0.231 e. The molecule has 1 heterocycles. The van der Waals surface area contributed by atoms with Gasteiger partial charge in [-0.25, -0.2) is 4.39 Å². The first-order valence-corrected chi connectivity index (χ1v) is 5.13. The molecule has 1 atom stereocenters. The van der Waals surface area contributed by atoms with Crippen molar-refractivity contribution >= 4 is 0 Å². The second-order valence-electron chi connectivity index (χ2n) is 3.60. The van der Waals surface area contributed by atoms with Crippen molar-refractivity contribution in [3.8, 4) is 0 Å². The molecular formula is C11H12FN3O2. The molecule has 6 heteroatoms. The van der Waals surface area contributed by atoms with E-state index in [0.29, 0.717) is 5.56 Å². The summed E-state index contributed by atoms with van der Waals surface area (Å²) in [5, 5.41) is 12.4. The van der Waals surface area contributed by atoms with Crippen molar-refractivity contribution < 1.29 is 14.0 Å². The lowest BCUT2D eigenvalue weighted by Gasteiger charge is -1.99. The summed E-state index contributed by atoms with van der Waals surface area (Å²) in [6.07, 6.45) is 0.206. The molecule has 0 saturated carbocycles.